The summed E-state index contributed by atoms with van der Waals surface area (Å²) in [5, 5.41) is 3.11. The van der Waals surface area contributed by atoms with Crippen molar-refractivity contribution in [1.82, 2.24) is 5.32 Å². The van der Waals surface area contributed by atoms with Gasteiger partial charge in [-0.3, -0.25) is 4.79 Å². The monoisotopic (exact) mass is 400 g/mol. The standard InChI is InChI=1S/C19H28N2O3S.ClH/c1-25-11-6-15(20)18(22)21-13-19(7-2-3-8-19)14-4-5-16-17(12-14)24-10-9-23-16;/h4-5,12,15H,2-3,6-11,13,20H2,1H3,(H,21,22);1H/t15-;/m0./s1. The molecule has 1 aromatic carbocycles. The number of hydrogen-bond donors (Lipinski definition) is 2. The number of halogens is 1. The number of hydrogen-bond acceptors (Lipinski definition) is 5. The van der Waals surface area contributed by atoms with Crippen molar-refractivity contribution >= 4 is 30.1 Å². The van der Waals surface area contributed by atoms with Gasteiger partial charge in [-0.1, -0.05) is 18.9 Å². The third-order valence-corrected chi connectivity index (χ3v) is 5.93. The molecule has 0 unspecified atom stereocenters. The van der Waals surface area contributed by atoms with Crippen LogP contribution in [0.4, 0.5) is 0 Å². The molecule has 1 aliphatic carbocycles. The van der Waals surface area contributed by atoms with Crippen molar-refractivity contribution in [3.63, 3.8) is 0 Å². The molecule has 1 heterocycles. The maximum atomic E-state index is 12.3. The molecule has 1 atom stereocenters. The molecule has 1 saturated carbocycles. The number of benzene rings is 1. The van der Waals surface area contributed by atoms with Gasteiger partial charge in [-0.25, -0.2) is 0 Å². The van der Waals surface area contributed by atoms with E-state index in [2.05, 4.69) is 17.4 Å². The summed E-state index contributed by atoms with van der Waals surface area (Å²) in [7, 11) is 0. The van der Waals surface area contributed by atoms with Gasteiger partial charge in [0, 0.05) is 12.0 Å². The zero-order valence-corrected chi connectivity index (χ0v) is 16.9. The minimum absolute atomic E-state index is 0. The molecule has 26 heavy (non-hydrogen) atoms. The van der Waals surface area contributed by atoms with Crippen molar-refractivity contribution in [1.29, 1.82) is 0 Å². The van der Waals surface area contributed by atoms with E-state index in [1.807, 2.05) is 12.3 Å². The molecule has 0 aromatic heterocycles. The molecule has 0 saturated heterocycles. The second-order valence-electron chi connectivity index (χ2n) is 6.95. The van der Waals surface area contributed by atoms with Gasteiger partial charge in [0.25, 0.3) is 0 Å². The first kappa shape index (κ1) is 21.2. The molecule has 0 radical (unpaired) electrons. The lowest BCUT2D eigenvalue weighted by Gasteiger charge is -2.31. The van der Waals surface area contributed by atoms with Crippen molar-refractivity contribution in [2.24, 2.45) is 5.73 Å². The molecule has 146 valence electrons. The van der Waals surface area contributed by atoms with Crippen LogP contribution in [0.5, 0.6) is 11.5 Å². The summed E-state index contributed by atoms with van der Waals surface area (Å²) in [6.45, 7) is 1.82. The van der Waals surface area contributed by atoms with Gasteiger partial charge >= 0.3 is 0 Å². The lowest BCUT2D eigenvalue weighted by Crippen LogP contribution is -2.46. The van der Waals surface area contributed by atoms with Gasteiger partial charge in [-0.05, 0) is 49.0 Å². The van der Waals surface area contributed by atoms with Crippen LogP contribution in [0.3, 0.4) is 0 Å². The summed E-state index contributed by atoms with van der Waals surface area (Å²) >= 11 is 1.71. The Balaban J connectivity index is 0.00000243. The molecule has 1 amide bonds. The van der Waals surface area contributed by atoms with E-state index in [9.17, 15) is 4.79 Å². The van der Waals surface area contributed by atoms with E-state index in [-0.39, 0.29) is 23.7 Å². The summed E-state index contributed by atoms with van der Waals surface area (Å²) in [6, 6.07) is 5.79. The van der Waals surface area contributed by atoms with Gasteiger partial charge < -0.3 is 20.5 Å². The average Bonchev–Trinajstić information content (AvgIpc) is 3.14. The lowest BCUT2D eigenvalue weighted by molar-refractivity contribution is -0.122. The summed E-state index contributed by atoms with van der Waals surface area (Å²) in [4.78, 5) is 12.3. The van der Waals surface area contributed by atoms with Crippen LogP contribution in [0.2, 0.25) is 0 Å². The van der Waals surface area contributed by atoms with Gasteiger partial charge in [-0.2, -0.15) is 11.8 Å². The van der Waals surface area contributed by atoms with Gasteiger partial charge in [-0.15, -0.1) is 12.4 Å². The Labute approximate surface area is 166 Å². The van der Waals surface area contributed by atoms with E-state index in [0.29, 0.717) is 26.2 Å². The van der Waals surface area contributed by atoms with Crippen LogP contribution in [0.15, 0.2) is 18.2 Å². The van der Waals surface area contributed by atoms with Crippen molar-refractivity contribution in [2.75, 3.05) is 31.8 Å². The molecule has 1 fully saturated rings. The zero-order chi connectivity index (χ0) is 17.7. The molecule has 3 rings (SSSR count). The van der Waals surface area contributed by atoms with E-state index in [1.54, 1.807) is 11.8 Å². The first-order valence-electron chi connectivity index (χ1n) is 9.07. The van der Waals surface area contributed by atoms with E-state index in [1.165, 1.54) is 18.4 Å². The lowest BCUT2D eigenvalue weighted by atomic mass is 9.78. The molecule has 0 spiro atoms. The van der Waals surface area contributed by atoms with Crippen LogP contribution in [0.1, 0.15) is 37.7 Å². The highest BCUT2D eigenvalue weighted by atomic mass is 35.5. The molecule has 1 aliphatic heterocycles. The van der Waals surface area contributed by atoms with Gasteiger partial charge in [0.15, 0.2) is 11.5 Å². The van der Waals surface area contributed by atoms with Gasteiger partial charge in [0.2, 0.25) is 5.91 Å². The molecule has 3 N–H and O–H groups in total. The molecule has 7 heteroatoms. The van der Waals surface area contributed by atoms with Crippen molar-refractivity contribution in [3.05, 3.63) is 23.8 Å². The highest BCUT2D eigenvalue weighted by molar-refractivity contribution is 7.98. The summed E-state index contributed by atoms with van der Waals surface area (Å²) in [5.74, 6) is 2.49. The Kier molecular flexibility index (Phi) is 7.92. The number of thioether (sulfide) groups is 1. The second-order valence-corrected chi connectivity index (χ2v) is 7.94. The van der Waals surface area contributed by atoms with E-state index in [4.69, 9.17) is 15.2 Å². The maximum Gasteiger partial charge on any atom is 0.236 e. The molecular formula is C19H29ClN2O3S. The number of carbonyl (C=O) groups excluding carboxylic acids is 1. The summed E-state index contributed by atoms with van der Waals surface area (Å²) in [5.41, 5.74) is 7.20. The van der Waals surface area contributed by atoms with Crippen molar-refractivity contribution < 1.29 is 14.3 Å². The number of nitrogens with one attached hydrogen (secondary N) is 1. The van der Waals surface area contributed by atoms with Gasteiger partial charge in [0.05, 0.1) is 6.04 Å². The minimum Gasteiger partial charge on any atom is -0.486 e. The average molecular weight is 401 g/mol. The summed E-state index contributed by atoms with van der Waals surface area (Å²) < 4.78 is 11.4. The number of rotatable bonds is 7. The van der Waals surface area contributed by atoms with Crippen LogP contribution in [-0.2, 0) is 10.2 Å². The highest BCUT2D eigenvalue weighted by Crippen LogP contribution is 2.43. The number of fused-ring (bicyclic) bond motifs is 1. The predicted molar refractivity (Wildman–Crippen MR) is 109 cm³/mol. The Hall–Kier alpha value is -1.11. The van der Waals surface area contributed by atoms with E-state index >= 15 is 0 Å². The SMILES string of the molecule is CSCC[C@H](N)C(=O)NCC1(c2ccc3c(c2)OCCO3)CCCC1.Cl. The number of carbonyl (C=O) groups is 1. The Morgan fingerprint density at radius 3 is 2.65 bits per heavy atom. The second kappa shape index (κ2) is 9.72. The fourth-order valence-corrected chi connectivity index (χ4v) is 4.25. The van der Waals surface area contributed by atoms with Crippen LogP contribution in [0.25, 0.3) is 0 Å². The molecular weight excluding hydrogens is 372 g/mol. The molecule has 5 nitrogen and oxygen atoms in total. The number of nitrogens with two attached hydrogens (primary N) is 1. The topological polar surface area (TPSA) is 73.6 Å². The third-order valence-electron chi connectivity index (χ3n) is 5.29. The zero-order valence-electron chi connectivity index (χ0n) is 15.3. The van der Waals surface area contributed by atoms with Crippen LogP contribution >= 0.6 is 24.2 Å². The maximum absolute atomic E-state index is 12.3. The highest BCUT2D eigenvalue weighted by Gasteiger charge is 2.37. The van der Waals surface area contributed by atoms with E-state index < -0.39 is 6.04 Å². The van der Waals surface area contributed by atoms with Crippen LogP contribution in [-0.4, -0.2) is 43.7 Å². The largest absolute Gasteiger partial charge is 0.486 e. The van der Waals surface area contributed by atoms with Crippen molar-refractivity contribution in [2.45, 2.75) is 43.6 Å². The fraction of sp³-hybridized carbons (Fsp3) is 0.632. The van der Waals surface area contributed by atoms with Gasteiger partial charge in [0.1, 0.15) is 13.2 Å². The van der Waals surface area contributed by atoms with Crippen molar-refractivity contribution in [3.8, 4) is 11.5 Å². The first-order chi connectivity index (χ1) is 12.1. The Morgan fingerprint density at radius 2 is 1.96 bits per heavy atom. The smallest absolute Gasteiger partial charge is 0.236 e. The third kappa shape index (κ3) is 4.78. The Morgan fingerprint density at radius 1 is 1.27 bits per heavy atom. The normalized spacial score (nSPS) is 18.7. The van der Waals surface area contributed by atoms with Crippen LogP contribution in [0, 0.1) is 0 Å². The Bertz CT molecular complexity index is 608. The predicted octanol–water partition coefficient (Wildman–Crippen LogP) is 2.89. The molecule has 1 aromatic rings. The van der Waals surface area contributed by atoms with E-state index in [0.717, 1.165) is 30.1 Å². The fourth-order valence-electron chi connectivity index (χ4n) is 3.76. The first-order valence-corrected chi connectivity index (χ1v) is 10.5. The molecule has 2 aliphatic rings. The quantitative estimate of drug-likeness (QED) is 0.736. The summed E-state index contributed by atoms with van der Waals surface area (Å²) in [6.07, 6.45) is 7.26. The molecule has 0 bridgehead atoms. The number of amides is 1. The number of ether oxygens (including phenoxy) is 2. The van der Waals surface area contributed by atoms with Crippen LogP contribution < -0.4 is 20.5 Å². The minimum atomic E-state index is -0.425.